The van der Waals surface area contributed by atoms with Gasteiger partial charge in [0.2, 0.25) is 0 Å². The quantitative estimate of drug-likeness (QED) is 0.514. The fourth-order valence-corrected chi connectivity index (χ4v) is 5.77. The van der Waals surface area contributed by atoms with Crippen LogP contribution >= 0.6 is 0 Å². The summed E-state index contributed by atoms with van der Waals surface area (Å²) in [6, 6.07) is 8.24. The summed E-state index contributed by atoms with van der Waals surface area (Å²) in [5, 5.41) is 10.6. The van der Waals surface area contributed by atoms with Crippen LogP contribution in [0.25, 0.3) is 11.1 Å². The average Bonchev–Trinajstić information content (AvgIpc) is 3.22. The summed E-state index contributed by atoms with van der Waals surface area (Å²) >= 11 is 0. The molecular formula is C26H24F4N4O. The lowest BCUT2D eigenvalue weighted by Gasteiger charge is -2.48. The van der Waals surface area contributed by atoms with Crippen molar-refractivity contribution in [1.82, 2.24) is 10.3 Å². The van der Waals surface area contributed by atoms with Crippen molar-refractivity contribution in [2.75, 3.05) is 0 Å². The maximum atomic E-state index is 14.6. The number of carbonyl (C=O) groups excluding carboxylic acids is 1. The summed E-state index contributed by atoms with van der Waals surface area (Å²) < 4.78 is 57.1. The summed E-state index contributed by atoms with van der Waals surface area (Å²) in [5.74, 6) is -0.750. The lowest BCUT2D eigenvalue weighted by molar-refractivity contribution is -0.119. The predicted octanol–water partition coefficient (Wildman–Crippen LogP) is 6.39. The molecule has 5 rings (SSSR count). The van der Waals surface area contributed by atoms with E-state index in [1.54, 1.807) is 31.2 Å². The number of aromatic nitrogens is 1. The fraction of sp³-hybridized carbons (Fsp3) is 0.385. The third-order valence-corrected chi connectivity index (χ3v) is 7.11. The van der Waals surface area contributed by atoms with Crippen molar-refractivity contribution in [1.29, 1.82) is 0 Å². The molecule has 2 unspecified atom stereocenters. The molecule has 1 N–H and O–H groups in total. The van der Waals surface area contributed by atoms with Crippen LogP contribution in [-0.2, 0) is 10.2 Å². The Balaban J connectivity index is 1.83. The van der Waals surface area contributed by atoms with E-state index in [0.29, 0.717) is 28.8 Å². The van der Waals surface area contributed by atoms with Gasteiger partial charge < -0.3 is 5.32 Å². The number of carbonyl (C=O) groups is 1. The van der Waals surface area contributed by atoms with E-state index >= 15 is 0 Å². The third-order valence-electron chi connectivity index (χ3n) is 7.11. The molecule has 2 aromatic rings. The molecule has 1 aromatic carbocycles. The van der Waals surface area contributed by atoms with Gasteiger partial charge in [0, 0.05) is 35.0 Å². The molecule has 5 nitrogen and oxygen atoms in total. The summed E-state index contributed by atoms with van der Waals surface area (Å²) in [6.45, 7) is 5.68. The van der Waals surface area contributed by atoms with Crippen LogP contribution in [0.15, 0.2) is 75.5 Å². The van der Waals surface area contributed by atoms with Crippen LogP contribution in [0.1, 0.15) is 45.6 Å². The summed E-state index contributed by atoms with van der Waals surface area (Å²) in [5.41, 5.74) is -0.762. The number of allylic oxidation sites excluding steroid dienone is 3. The number of nitrogens with one attached hydrogen (secondary N) is 1. The molecule has 1 aliphatic carbocycles. The van der Waals surface area contributed by atoms with Crippen LogP contribution in [0.4, 0.5) is 17.6 Å². The van der Waals surface area contributed by atoms with Crippen LogP contribution in [-0.4, -0.2) is 23.1 Å². The molecule has 182 valence electrons. The highest BCUT2D eigenvalue weighted by atomic mass is 19.4. The van der Waals surface area contributed by atoms with Crippen LogP contribution in [0.2, 0.25) is 0 Å². The molecule has 0 radical (unpaired) electrons. The zero-order valence-electron chi connectivity index (χ0n) is 19.5. The van der Waals surface area contributed by atoms with Crippen molar-refractivity contribution in [3.05, 3.63) is 76.6 Å². The lowest BCUT2D eigenvalue weighted by atomic mass is 9.58. The highest BCUT2D eigenvalue weighted by Crippen LogP contribution is 2.56. The smallest absolute Gasteiger partial charge is 0.362 e. The summed E-state index contributed by atoms with van der Waals surface area (Å²) in [4.78, 5) is 17.4. The number of nitrogens with zero attached hydrogens (tertiary/aromatic N) is 3. The number of hydrogen-bond acceptors (Lipinski definition) is 5. The monoisotopic (exact) mass is 484 g/mol. The molecule has 1 aromatic heterocycles. The summed E-state index contributed by atoms with van der Waals surface area (Å²) in [6.07, 6.45) is -2.36. The van der Waals surface area contributed by atoms with Gasteiger partial charge in [0.15, 0.2) is 17.6 Å². The number of halogens is 4. The minimum absolute atomic E-state index is 0.0772. The van der Waals surface area contributed by atoms with E-state index in [1.807, 2.05) is 13.8 Å². The Bertz CT molecular complexity index is 1320. The minimum atomic E-state index is -4.75. The van der Waals surface area contributed by atoms with Crippen LogP contribution in [0.3, 0.4) is 0 Å². The Hall–Kier alpha value is -3.36. The highest BCUT2D eigenvalue weighted by molar-refractivity contribution is 6.01. The number of ketones is 1. The van der Waals surface area contributed by atoms with Gasteiger partial charge in [-0.2, -0.15) is 18.3 Å². The normalized spacial score (nSPS) is 25.5. The number of pyridine rings is 1. The van der Waals surface area contributed by atoms with Gasteiger partial charge in [0.05, 0.1) is 11.6 Å². The topological polar surface area (TPSA) is 66.7 Å². The molecule has 0 amide bonds. The maximum Gasteiger partial charge on any atom is 0.435 e. The van der Waals surface area contributed by atoms with Crippen LogP contribution in [0.5, 0.6) is 0 Å². The fourth-order valence-electron chi connectivity index (χ4n) is 5.77. The third kappa shape index (κ3) is 3.59. The van der Waals surface area contributed by atoms with Crippen molar-refractivity contribution in [3.63, 3.8) is 0 Å². The van der Waals surface area contributed by atoms with Gasteiger partial charge in [-0.15, -0.1) is 5.11 Å². The number of benzene rings is 1. The van der Waals surface area contributed by atoms with Gasteiger partial charge in [-0.05, 0) is 41.5 Å². The molecule has 3 heterocycles. The van der Waals surface area contributed by atoms with Gasteiger partial charge in [-0.25, -0.2) is 4.39 Å². The zero-order chi connectivity index (χ0) is 25.2. The molecule has 0 fully saturated rings. The first-order valence-corrected chi connectivity index (χ1v) is 11.4. The molecular weight excluding hydrogens is 460 g/mol. The van der Waals surface area contributed by atoms with E-state index in [-0.39, 0.29) is 35.2 Å². The van der Waals surface area contributed by atoms with Gasteiger partial charge in [0.1, 0.15) is 5.82 Å². The first kappa shape index (κ1) is 23.4. The Morgan fingerprint density at radius 2 is 1.94 bits per heavy atom. The van der Waals surface area contributed by atoms with Gasteiger partial charge in [0.25, 0.3) is 0 Å². The Morgan fingerprint density at radius 3 is 2.63 bits per heavy atom. The van der Waals surface area contributed by atoms with Crippen molar-refractivity contribution in [2.45, 2.75) is 57.8 Å². The standard InChI is InChI=1S/C26H24F4N4O/c1-4-25(15-7-5-6-14(10-15)16-8-9-31-13-17(16)27)20-18(11-24(2,3)12-19(20)35)32-23-21(25)22(33-34-23)26(28,29)30/h5-10,13,23,32H,4,11-12H2,1-3H3. The molecule has 3 aliphatic rings. The van der Waals surface area contributed by atoms with Gasteiger partial charge in [-0.3, -0.25) is 9.78 Å². The average molecular weight is 484 g/mol. The molecule has 0 spiro atoms. The van der Waals surface area contributed by atoms with E-state index in [1.165, 1.54) is 12.3 Å². The lowest BCUT2D eigenvalue weighted by Crippen LogP contribution is -2.52. The number of rotatable bonds is 3. The Labute approximate surface area is 200 Å². The Kier molecular flexibility index (Phi) is 5.23. The zero-order valence-corrected chi connectivity index (χ0v) is 19.5. The molecule has 0 bridgehead atoms. The van der Waals surface area contributed by atoms with Crippen molar-refractivity contribution >= 4 is 5.78 Å². The largest absolute Gasteiger partial charge is 0.435 e. The second-order valence-electron chi connectivity index (χ2n) is 10.0. The van der Waals surface area contributed by atoms with Gasteiger partial charge in [-0.1, -0.05) is 39.0 Å². The van der Waals surface area contributed by atoms with E-state index in [4.69, 9.17) is 0 Å². The number of fused-ring (bicyclic) bond motifs is 1. The SMILES string of the molecule is CCC1(c2cccc(-c3ccncc3F)c2)C2=C(CC(C)(C)CC2=O)NC2N=NC(C(F)(F)F)=C21. The molecule has 0 saturated carbocycles. The molecule has 2 aliphatic heterocycles. The number of alkyl halides is 3. The van der Waals surface area contributed by atoms with E-state index in [9.17, 15) is 22.4 Å². The van der Waals surface area contributed by atoms with E-state index in [2.05, 4.69) is 20.5 Å². The predicted molar refractivity (Wildman–Crippen MR) is 122 cm³/mol. The molecule has 9 heteroatoms. The van der Waals surface area contributed by atoms with Crippen molar-refractivity contribution < 1.29 is 22.4 Å². The van der Waals surface area contributed by atoms with Crippen LogP contribution < -0.4 is 5.32 Å². The first-order valence-electron chi connectivity index (χ1n) is 11.4. The molecule has 35 heavy (non-hydrogen) atoms. The Morgan fingerprint density at radius 1 is 1.17 bits per heavy atom. The number of azo groups is 1. The number of hydrogen-bond donors (Lipinski definition) is 1. The highest BCUT2D eigenvalue weighted by Gasteiger charge is 2.57. The second kappa shape index (κ2) is 7.83. The number of Topliss-reactive ketones (excluding diaryl/α,β-unsaturated/α-hetero) is 1. The first-order chi connectivity index (χ1) is 16.5. The van der Waals surface area contributed by atoms with E-state index < -0.39 is 29.3 Å². The van der Waals surface area contributed by atoms with Gasteiger partial charge >= 0.3 is 6.18 Å². The maximum absolute atomic E-state index is 14.6. The van der Waals surface area contributed by atoms with Crippen LogP contribution in [0, 0.1) is 11.2 Å². The summed E-state index contributed by atoms with van der Waals surface area (Å²) in [7, 11) is 0. The van der Waals surface area contributed by atoms with Crippen molar-refractivity contribution in [2.24, 2.45) is 15.6 Å². The van der Waals surface area contributed by atoms with Crippen molar-refractivity contribution in [3.8, 4) is 11.1 Å². The second-order valence-corrected chi connectivity index (χ2v) is 10.0. The minimum Gasteiger partial charge on any atom is -0.362 e. The van der Waals surface area contributed by atoms with E-state index in [0.717, 1.165) is 6.20 Å². The molecule has 2 atom stereocenters. The molecule has 0 saturated heterocycles.